The average Bonchev–Trinajstić information content (AvgIpc) is 1.79. The molecule has 0 saturated heterocycles. The second-order valence-electron chi connectivity index (χ2n) is 4.70. The van der Waals surface area contributed by atoms with Crippen LogP contribution in [0.2, 0.25) is 0 Å². The Morgan fingerprint density at radius 1 is 1.29 bits per heavy atom. The first-order valence-corrected chi connectivity index (χ1v) is 4.73. The molecule has 0 unspecified atom stereocenters. The number of carboxylic acid groups (broad SMARTS) is 1. The smallest absolute Gasteiger partial charge is 0.138 e. The lowest BCUT2D eigenvalue weighted by Crippen LogP contribution is -2.65. The summed E-state index contributed by atoms with van der Waals surface area (Å²) in [6.45, 7) is 8.63. The normalized spacial score (nSPS) is 12.4. The summed E-state index contributed by atoms with van der Waals surface area (Å²) in [6.07, 6.45) is -1.27. The van der Waals surface area contributed by atoms with Crippen molar-refractivity contribution in [2.24, 2.45) is 5.73 Å². The number of carbonyl (C=O) groups excluding carboxylic acids is 1. The Balaban J connectivity index is 5.24. The summed E-state index contributed by atoms with van der Waals surface area (Å²) in [5, 5.41) is 11.0. The molecule has 0 aromatic heterocycles. The quantitative estimate of drug-likeness (QED) is 0.684. The third-order valence-corrected chi connectivity index (χ3v) is 2.51. The van der Waals surface area contributed by atoms with Crippen molar-refractivity contribution in [3.05, 3.63) is 0 Å². The molecule has 14 heavy (non-hydrogen) atoms. The molecule has 4 nitrogen and oxygen atoms in total. The van der Waals surface area contributed by atoms with E-state index < -0.39 is 17.2 Å². The van der Waals surface area contributed by atoms with Crippen molar-refractivity contribution < 1.29 is 9.90 Å². The molecule has 1 amide bonds. The summed E-state index contributed by atoms with van der Waals surface area (Å²) in [7, 11) is 0. The topological polar surface area (TPSA) is 69.4 Å². The van der Waals surface area contributed by atoms with Gasteiger partial charge in [0.1, 0.15) is 6.09 Å². The van der Waals surface area contributed by atoms with E-state index in [9.17, 15) is 9.90 Å². The van der Waals surface area contributed by atoms with Gasteiger partial charge in [0.2, 0.25) is 0 Å². The highest BCUT2D eigenvalue weighted by Crippen LogP contribution is 2.24. The molecule has 0 aromatic rings. The predicted molar refractivity (Wildman–Crippen MR) is 57.9 cm³/mol. The first kappa shape index (κ1) is 13.2. The third-order valence-electron chi connectivity index (χ3n) is 2.02. The Morgan fingerprint density at radius 3 is 1.71 bits per heavy atom. The molecule has 0 heterocycles. The molecule has 0 aliphatic rings. The van der Waals surface area contributed by atoms with Crippen LogP contribution in [0.25, 0.3) is 0 Å². The third kappa shape index (κ3) is 2.57. The number of hydrogen-bond donors (Lipinski definition) is 1. The molecule has 0 aromatic carbocycles. The number of amides is 1. The Kier molecular flexibility index (Phi) is 3.50. The van der Waals surface area contributed by atoms with Crippen LogP contribution >= 0.6 is 12.2 Å². The molecular weight excluding hydrogens is 200 g/mol. The fourth-order valence-corrected chi connectivity index (χ4v) is 1.54. The van der Waals surface area contributed by atoms with E-state index >= 15 is 0 Å². The summed E-state index contributed by atoms with van der Waals surface area (Å²) in [6, 6.07) is 0. The van der Waals surface area contributed by atoms with Crippen molar-refractivity contribution in [1.82, 2.24) is 4.90 Å². The number of nitrogens with zero attached hydrogens (tertiary/aromatic N) is 1. The molecule has 2 N–H and O–H groups in total. The highest BCUT2D eigenvalue weighted by molar-refractivity contribution is 7.80. The lowest BCUT2D eigenvalue weighted by Gasteiger charge is -2.48. The standard InChI is InChI=1S/C9H18N2O2S/c1-8(2,3)11(7(12)13)9(4,5)6(10)14/h1-5H3,(H2,10,14)(H,12,13)/p-1. The highest BCUT2D eigenvalue weighted by Gasteiger charge is 2.37. The van der Waals surface area contributed by atoms with Crippen LogP contribution in [-0.2, 0) is 0 Å². The predicted octanol–water partition coefficient (Wildman–Crippen LogP) is 0.495. The summed E-state index contributed by atoms with van der Waals surface area (Å²) in [4.78, 5) is 12.3. The maximum absolute atomic E-state index is 11.0. The number of thiocarbonyl (C=S) groups is 1. The number of rotatable bonds is 2. The van der Waals surface area contributed by atoms with E-state index in [-0.39, 0.29) is 4.99 Å². The van der Waals surface area contributed by atoms with Gasteiger partial charge in [0, 0.05) is 5.54 Å². The molecule has 0 saturated carbocycles. The van der Waals surface area contributed by atoms with E-state index in [1.54, 1.807) is 34.6 Å². The first-order chi connectivity index (χ1) is 6.01. The van der Waals surface area contributed by atoms with Crippen LogP contribution in [0.1, 0.15) is 34.6 Å². The minimum absolute atomic E-state index is 0.136. The molecular formula is C9H17N2O2S-. The van der Waals surface area contributed by atoms with Gasteiger partial charge in [-0.05, 0) is 34.6 Å². The zero-order chi connectivity index (χ0) is 11.7. The van der Waals surface area contributed by atoms with Gasteiger partial charge >= 0.3 is 0 Å². The molecule has 5 heteroatoms. The van der Waals surface area contributed by atoms with Gasteiger partial charge in [0.15, 0.2) is 0 Å². The SMILES string of the molecule is CC(C)(C)N(C(=O)[O-])C(C)(C)C(N)=S. The molecule has 0 radical (unpaired) electrons. The van der Waals surface area contributed by atoms with E-state index in [0.717, 1.165) is 4.90 Å². The van der Waals surface area contributed by atoms with Crippen molar-refractivity contribution >= 4 is 23.3 Å². The van der Waals surface area contributed by atoms with Gasteiger partial charge in [-0.15, -0.1) is 0 Å². The number of carbonyl (C=O) groups is 1. The van der Waals surface area contributed by atoms with Gasteiger partial charge in [-0.1, -0.05) is 12.2 Å². The number of nitrogens with two attached hydrogens (primary N) is 1. The second-order valence-corrected chi connectivity index (χ2v) is 5.14. The Morgan fingerprint density at radius 2 is 1.64 bits per heavy atom. The monoisotopic (exact) mass is 217 g/mol. The van der Waals surface area contributed by atoms with Crippen LogP contribution in [0, 0.1) is 0 Å². The van der Waals surface area contributed by atoms with Crippen LogP contribution < -0.4 is 10.8 Å². The van der Waals surface area contributed by atoms with E-state index in [4.69, 9.17) is 18.0 Å². The average molecular weight is 217 g/mol. The van der Waals surface area contributed by atoms with Gasteiger partial charge in [-0.2, -0.15) is 0 Å². The maximum Gasteiger partial charge on any atom is 0.138 e. The number of hydrogen-bond acceptors (Lipinski definition) is 3. The zero-order valence-electron chi connectivity index (χ0n) is 9.25. The molecule has 0 bridgehead atoms. The molecule has 82 valence electrons. The van der Waals surface area contributed by atoms with Gasteiger partial charge in [0.05, 0.1) is 10.5 Å². The van der Waals surface area contributed by atoms with Gasteiger partial charge in [0.25, 0.3) is 0 Å². The van der Waals surface area contributed by atoms with Crippen molar-refractivity contribution in [3.8, 4) is 0 Å². The van der Waals surface area contributed by atoms with E-state index in [1.807, 2.05) is 0 Å². The van der Waals surface area contributed by atoms with Crippen LogP contribution in [0.4, 0.5) is 4.79 Å². The van der Waals surface area contributed by atoms with Crippen molar-refractivity contribution in [2.75, 3.05) is 0 Å². The van der Waals surface area contributed by atoms with E-state index in [2.05, 4.69) is 0 Å². The van der Waals surface area contributed by atoms with Gasteiger partial charge in [-0.25, -0.2) is 0 Å². The van der Waals surface area contributed by atoms with Crippen LogP contribution in [-0.4, -0.2) is 27.1 Å². The maximum atomic E-state index is 11.0. The molecule has 0 aliphatic carbocycles. The van der Waals surface area contributed by atoms with Crippen molar-refractivity contribution in [1.29, 1.82) is 0 Å². The van der Waals surface area contributed by atoms with Crippen molar-refractivity contribution in [3.63, 3.8) is 0 Å². The Hall–Kier alpha value is -0.840. The summed E-state index contributed by atoms with van der Waals surface area (Å²) in [5.74, 6) is 0. The highest BCUT2D eigenvalue weighted by atomic mass is 32.1. The summed E-state index contributed by atoms with van der Waals surface area (Å²) < 4.78 is 0. The fraction of sp³-hybridized carbons (Fsp3) is 0.778. The molecule has 0 fully saturated rings. The van der Waals surface area contributed by atoms with Gasteiger partial charge in [-0.3, -0.25) is 0 Å². The van der Waals surface area contributed by atoms with E-state index in [1.165, 1.54) is 0 Å². The molecule has 0 aliphatic heterocycles. The molecule has 0 rings (SSSR count). The Bertz CT molecular complexity index is 256. The minimum Gasteiger partial charge on any atom is -0.530 e. The van der Waals surface area contributed by atoms with Gasteiger partial charge < -0.3 is 20.5 Å². The second kappa shape index (κ2) is 3.73. The lowest BCUT2D eigenvalue weighted by atomic mass is 9.95. The first-order valence-electron chi connectivity index (χ1n) is 4.32. The Labute approximate surface area is 90.1 Å². The largest absolute Gasteiger partial charge is 0.530 e. The van der Waals surface area contributed by atoms with Crippen LogP contribution in [0.5, 0.6) is 0 Å². The summed E-state index contributed by atoms with van der Waals surface area (Å²) in [5.41, 5.74) is 4.02. The molecule has 0 spiro atoms. The van der Waals surface area contributed by atoms with Crippen LogP contribution in [0.15, 0.2) is 0 Å². The van der Waals surface area contributed by atoms with Crippen LogP contribution in [0.3, 0.4) is 0 Å². The minimum atomic E-state index is -1.27. The lowest BCUT2D eigenvalue weighted by molar-refractivity contribution is -0.274. The summed E-state index contributed by atoms with van der Waals surface area (Å²) >= 11 is 4.84. The fourth-order valence-electron chi connectivity index (χ4n) is 1.45. The molecule has 0 atom stereocenters. The van der Waals surface area contributed by atoms with E-state index in [0.29, 0.717) is 0 Å². The zero-order valence-corrected chi connectivity index (χ0v) is 10.1. The van der Waals surface area contributed by atoms with Crippen molar-refractivity contribution in [2.45, 2.75) is 45.7 Å².